The fourth-order valence-corrected chi connectivity index (χ4v) is 2.28. The van der Waals surface area contributed by atoms with Crippen molar-refractivity contribution in [2.75, 3.05) is 0 Å². The summed E-state index contributed by atoms with van der Waals surface area (Å²) in [5.41, 5.74) is 2.63. The Kier molecular flexibility index (Phi) is 5.72. The zero-order chi connectivity index (χ0) is 10.7. The summed E-state index contributed by atoms with van der Waals surface area (Å²) in [5.74, 6) is 0. The third kappa shape index (κ3) is 4.03. The van der Waals surface area contributed by atoms with E-state index in [0.717, 1.165) is 0 Å². The average Bonchev–Trinajstić information content (AvgIpc) is 2.25. The molecule has 0 atom stereocenters. The van der Waals surface area contributed by atoms with Gasteiger partial charge < -0.3 is 8.58 Å². The van der Waals surface area contributed by atoms with E-state index in [-0.39, 0.29) is 29.6 Å². The van der Waals surface area contributed by atoms with E-state index in [4.69, 9.17) is 0 Å². The monoisotopic (exact) mass is 236 g/mol. The van der Waals surface area contributed by atoms with E-state index in [0.29, 0.717) is 0 Å². The van der Waals surface area contributed by atoms with Gasteiger partial charge in [-0.3, -0.25) is 0 Å². The third-order valence-corrected chi connectivity index (χ3v) is 3.44. The van der Waals surface area contributed by atoms with Crippen LogP contribution in [0, 0.1) is 13.8 Å². The third-order valence-electron chi connectivity index (χ3n) is 2.33. The number of hydrogen-bond donors (Lipinski definition) is 0. The van der Waals surface area contributed by atoms with Crippen LogP contribution < -0.4 is 40.2 Å². The molecule has 0 spiro atoms. The zero-order valence-electron chi connectivity index (χ0n) is 10.1. The van der Waals surface area contributed by atoms with E-state index >= 15 is 0 Å². The van der Waals surface area contributed by atoms with Gasteiger partial charge in [0, 0.05) is 0 Å². The van der Waals surface area contributed by atoms with Gasteiger partial charge in [-0.15, -0.1) is 0 Å². The Labute approximate surface area is 122 Å². The quantitative estimate of drug-likeness (QED) is 0.516. The van der Waals surface area contributed by atoms with Crippen LogP contribution in [0.5, 0.6) is 0 Å². The molecule has 2 rings (SSSR count). The summed E-state index contributed by atoms with van der Waals surface area (Å²) >= 11 is 0. The summed E-state index contributed by atoms with van der Waals surface area (Å²) < 4.78 is 0. The van der Waals surface area contributed by atoms with E-state index in [1.54, 1.807) is 0 Å². The summed E-state index contributed by atoms with van der Waals surface area (Å²) in [4.78, 5) is 0. The minimum Gasteiger partial charge on any atom is -0.472 e. The molecule has 0 aliphatic rings. The first-order valence-electron chi connectivity index (χ1n) is 5.09. The van der Waals surface area contributed by atoms with Crippen LogP contribution in [-0.4, -0.2) is 0 Å². The molecule has 0 amide bonds. The molecular weight excluding hydrogens is 222 g/mol. The predicted octanol–water partition coefficient (Wildman–Crippen LogP) is 0.204. The smallest absolute Gasteiger partial charge is 0.472 e. The molecule has 0 aliphatic carbocycles. The molecule has 0 saturated heterocycles. The number of aryl methyl sites for hydroxylation is 2. The molecule has 76 valence electrons. The van der Waals surface area contributed by atoms with Crippen LogP contribution in [0.4, 0.5) is 0 Å². The van der Waals surface area contributed by atoms with E-state index in [2.05, 4.69) is 62.4 Å². The Morgan fingerprint density at radius 3 is 1.25 bits per heavy atom. The van der Waals surface area contributed by atoms with E-state index < -0.39 is 0 Å². The van der Waals surface area contributed by atoms with Gasteiger partial charge in [0.05, 0.1) is 0 Å². The second-order valence-electron chi connectivity index (χ2n) is 3.78. The van der Waals surface area contributed by atoms with Crippen LogP contribution in [0.15, 0.2) is 48.5 Å². The molecule has 0 saturated carbocycles. The fourth-order valence-electron chi connectivity index (χ4n) is 1.39. The average molecular weight is 236 g/mol. The van der Waals surface area contributed by atoms with Gasteiger partial charge in [-0.05, 0) is 13.8 Å². The normalized spacial score (nSPS) is 9.62. The standard InChI is InChI=1S/C14H14P.Na/c1-11-3-7-13(8-4-11)15-14-9-5-12(2)6-10-14;/h3-10H,1-2H3;/q-1;+1. The molecule has 16 heavy (non-hydrogen) atoms. The largest absolute Gasteiger partial charge is 1.00 e. The summed E-state index contributed by atoms with van der Waals surface area (Å²) in [6, 6.07) is 17.4. The first-order chi connectivity index (χ1) is 7.24. The van der Waals surface area contributed by atoms with Crippen LogP contribution in [0.1, 0.15) is 11.1 Å². The van der Waals surface area contributed by atoms with Gasteiger partial charge >= 0.3 is 29.6 Å². The molecule has 0 aliphatic heterocycles. The molecule has 0 bridgehead atoms. The molecule has 0 fully saturated rings. The van der Waals surface area contributed by atoms with Gasteiger partial charge in [-0.2, -0.15) is 0 Å². The van der Waals surface area contributed by atoms with Gasteiger partial charge in [0.2, 0.25) is 0 Å². The molecule has 0 heterocycles. The van der Waals surface area contributed by atoms with Crippen molar-refractivity contribution >= 4 is 19.2 Å². The Morgan fingerprint density at radius 2 is 0.938 bits per heavy atom. The molecule has 0 radical (unpaired) electrons. The molecule has 2 heteroatoms. The van der Waals surface area contributed by atoms with E-state index in [1.807, 2.05) is 0 Å². The van der Waals surface area contributed by atoms with Gasteiger partial charge in [0.25, 0.3) is 0 Å². The Hall–Kier alpha value is -0.130. The van der Waals surface area contributed by atoms with Crippen LogP contribution >= 0.6 is 8.58 Å². The van der Waals surface area contributed by atoms with E-state index in [9.17, 15) is 0 Å². The Morgan fingerprint density at radius 1 is 0.625 bits per heavy atom. The summed E-state index contributed by atoms with van der Waals surface area (Å²) in [6.45, 7) is 4.24. The van der Waals surface area contributed by atoms with E-state index in [1.165, 1.54) is 30.3 Å². The SMILES string of the molecule is Cc1ccc([P-]c2ccc(C)cc2)cc1.[Na+]. The van der Waals surface area contributed by atoms with Crippen molar-refractivity contribution in [1.82, 2.24) is 0 Å². The summed E-state index contributed by atoms with van der Waals surface area (Å²) in [6.07, 6.45) is 0. The molecule has 2 aromatic rings. The molecule has 0 nitrogen and oxygen atoms in total. The number of rotatable bonds is 2. The first-order valence-corrected chi connectivity index (χ1v) is 5.98. The van der Waals surface area contributed by atoms with Gasteiger partial charge in [-0.25, -0.2) is 10.6 Å². The summed E-state index contributed by atoms with van der Waals surface area (Å²) in [5, 5.41) is 2.70. The van der Waals surface area contributed by atoms with Crippen molar-refractivity contribution in [3.63, 3.8) is 0 Å². The van der Waals surface area contributed by atoms with Crippen molar-refractivity contribution in [2.24, 2.45) is 0 Å². The fraction of sp³-hybridized carbons (Fsp3) is 0.143. The van der Waals surface area contributed by atoms with Crippen LogP contribution in [0.25, 0.3) is 0 Å². The minimum absolute atomic E-state index is 0. The molecule has 2 aromatic carbocycles. The van der Waals surface area contributed by atoms with Gasteiger partial charge in [0.1, 0.15) is 0 Å². The molecule has 0 aromatic heterocycles. The maximum Gasteiger partial charge on any atom is 1.00 e. The maximum atomic E-state index is 2.19. The topological polar surface area (TPSA) is 0 Å². The van der Waals surface area contributed by atoms with Crippen molar-refractivity contribution in [1.29, 1.82) is 0 Å². The second kappa shape index (κ2) is 6.57. The zero-order valence-corrected chi connectivity index (χ0v) is 13.0. The maximum absolute atomic E-state index is 2.19. The number of hydrogen-bond acceptors (Lipinski definition) is 0. The second-order valence-corrected chi connectivity index (χ2v) is 5.04. The number of benzene rings is 2. The minimum atomic E-state index is 0. The molecular formula is C14H14NaP. The first kappa shape index (κ1) is 13.9. The Bertz CT molecular complexity index is 388. The van der Waals surface area contributed by atoms with Gasteiger partial charge in [-0.1, -0.05) is 59.7 Å². The van der Waals surface area contributed by atoms with Crippen molar-refractivity contribution in [3.05, 3.63) is 59.7 Å². The van der Waals surface area contributed by atoms with Crippen molar-refractivity contribution in [3.8, 4) is 0 Å². The molecule has 0 N–H and O–H groups in total. The van der Waals surface area contributed by atoms with Crippen LogP contribution in [0.2, 0.25) is 0 Å². The predicted molar refractivity (Wildman–Crippen MR) is 68.5 cm³/mol. The Balaban J connectivity index is 0.00000128. The van der Waals surface area contributed by atoms with Crippen molar-refractivity contribution in [2.45, 2.75) is 13.8 Å². The van der Waals surface area contributed by atoms with Crippen LogP contribution in [0.3, 0.4) is 0 Å². The summed E-state index contributed by atoms with van der Waals surface area (Å²) in [7, 11) is 1.29. The van der Waals surface area contributed by atoms with Crippen LogP contribution in [-0.2, 0) is 0 Å². The van der Waals surface area contributed by atoms with Crippen molar-refractivity contribution < 1.29 is 29.6 Å². The molecule has 0 unspecified atom stereocenters. The van der Waals surface area contributed by atoms with Gasteiger partial charge in [0.15, 0.2) is 0 Å².